The Morgan fingerprint density at radius 1 is 1.36 bits per heavy atom. The number of hydrogen-bond acceptors (Lipinski definition) is 2. The van der Waals surface area contributed by atoms with Crippen molar-refractivity contribution < 1.29 is 0 Å². The molecule has 0 saturated carbocycles. The molecule has 1 aromatic rings. The molecular formula is C11H18ClNS. The van der Waals surface area contributed by atoms with Crippen molar-refractivity contribution in [1.82, 2.24) is 5.32 Å². The number of nitrogens with one attached hydrogen (secondary N) is 1. The van der Waals surface area contributed by atoms with Crippen molar-refractivity contribution in [2.45, 2.75) is 33.2 Å². The molecule has 80 valence electrons. The number of rotatable bonds is 5. The minimum absolute atomic E-state index is 0.588. The summed E-state index contributed by atoms with van der Waals surface area (Å²) in [5.74, 6) is 0.696. The van der Waals surface area contributed by atoms with Gasteiger partial charge in [-0.1, -0.05) is 25.4 Å². The van der Waals surface area contributed by atoms with E-state index in [1.165, 1.54) is 4.88 Å². The van der Waals surface area contributed by atoms with Crippen molar-refractivity contribution in [2.24, 2.45) is 5.92 Å². The summed E-state index contributed by atoms with van der Waals surface area (Å²) in [4.78, 5) is 1.36. The molecule has 1 heterocycles. The Hall–Kier alpha value is -0.0500. The zero-order chi connectivity index (χ0) is 10.6. The summed E-state index contributed by atoms with van der Waals surface area (Å²) < 4.78 is 0.886. The van der Waals surface area contributed by atoms with Gasteiger partial charge in [0.1, 0.15) is 0 Å². The van der Waals surface area contributed by atoms with Crippen LogP contribution in [0.3, 0.4) is 0 Å². The van der Waals surface area contributed by atoms with Gasteiger partial charge in [0, 0.05) is 17.5 Å². The Morgan fingerprint density at radius 3 is 2.57 bits per heavy atom. The Balaban J connectivity index is 2.22. The molecule has 1 N–H and O–H groups in total. The second kappa shape index (κ2) is 5.74. The third kappa shape index (κ3) is 3.99. The lowest BCUT2D eigenvalue weighted by atomic mass is 10.1. The van der Waals surface area contributed by atoms with Gasteiger partial charge >= 0.3 is 0 Å². The molecule has 1 rings (SSSR count). The second-order valence-corrected chi connectivity index (χ2v) is 5.74. The standard InChI is InChI=1S/C11H18ClNS/c1-8(2)9(3)13-7-6-10-4-5-11(12)14-10/h4-5,8-9,13H,6-7H2,1-3H3. The van der Waals surface area contributed by atoms with Gasteiger partial charge in [-0.25, -0.2) is 0 Å². The first-order valence-electron chi connectivity index (χ1n) is 5.07. The molecule has 1 aromatic heterocycles. The Morgan fingerprint density at radius 2 is 2.07 bits per heavy atom. The van der Waals surface area contributed by atoms with Crippen LogP contribution < -0.4 is 5.32 Å². The lowest BCUT2D eigenvalue weighted by Gasteiger charge is -2.16. The molecule has 0 amide bonds. The minimum atomic E-state index is 0.588. The van der Waals surface area contributed by atoms with E-state index in [4.69, 9.17) is 11.6 Å². The third-order valence-corrected chi connectivity index (χ3v) is 3.76. The molecular weight excluding hydrogens is 214 g/mol. The fraction of sp³-hybridized carbons (Fsp3) is 0.636. The largest absolute Gasteiger partial charge is 0.314 e. The molecule has 1 unspecified atom stereocenters. The SMILES string of the molecule is CC(C)C(C)NCCc1ccc(Cl)s1. The number of halogens is 1. The van der Waals surface area contributed by atoms with Crippen LogP contribution in [0.5, 0.6) is 0 Å². The van der Waals surface area contributed by atoms with Crippen LogP contribution in [0, 0.1) is 5.92 Å². The third-order valence-electron chi connectivity index (χ3n) is 2.47. The fourth-order valence-corrected chi connectivity index (χ4v) is 2.23. The van der Waals surface area contributed by atoms with E-state index < -0.39 is 0 Å². The van der Waals surface area contributed by atoms with Gasteiger partial charge < -0.3 is 5.32 Å². The molecule has 1 atom stereocenters. The summed E-state index contributed by atoms with van der Waals surface area (Å²) in [6, 6.07) is 4.66. The van der Waals surface area contributed by atoms with Crippen molar-refractivity contribution in [3.8, 4) is 0 Å². The molecule has 0 fully saturated rings. The highest BCUT2D eigenvalue weighted by Crippen LogP contribution is 2.21. The summed E-state index contributed by atoms with van der Waals surface area (Å²) in [5.41, 5.74) is 0. The van der Waals surface area contributed by atoms with Crippen molar-refractivity contribution >= 4 is 22.9 Å². The zero-order valence-electron chi connectivity index (χ0n) is 9.01. The molecule has 0 aromatic carbocycles. The first kappa shape index (κ1) is 12.0. The summed E-state index contributed by atoms with van der Waals surface area (Å²) in [6.45, 7) is 7.74. The number of hydrogen-bond donors (Lipinski definition) is 1. The van der Waals surface area contributed by atoms with E-state index in [0.29, 0.717) is 12.0 Å². The minimum Gasteiger partial charge on any atom is -0.314 e. The highest BCUT2D eigenvalue weighted by Gasteiger charge is 2.05. The van der Waals surface area contributed by atoms with Gasteiger partial charge in [0.15, 0.2) is 0 Å². The fourth-order valence-electron chi connectivity index (χ4n) is 1.14. The normalized spacial score (nSPS) is 13.5. The average Bonchev–Trinajstić information content (AvgIpc) is 2.51. The van der Waals surface area contributed by atoms with Gasteiger partial charge in [-0.2, -0.15) is 0 Å². The van der Waals surface area contributed by atoms with Gasteiger partial charge in [-0.15, -0.1) is 11.3 Å². The molecule has 0 aliphatic heterocycles. The van der Waals surface area contributed by atoms with E-state index in [2.05, 4.69) is 32.2 Å². The van der Waals surface area contributed by atoms with Gasteiger partial charge in [0.2, 0.25) is 0 Å². The molecule has 0 saturated heterocycles. The van der Waals surface area contributed by atoms with E-state index in [1.807, 2.05) is 6.07 Å². The van der Waals surface area contributed by atoms with Crippen LogP contribution in [0.15, 0.2) is 12.1 Å². The van der Waals surface area contributed by atoms with Crippen molar-refractivity contribution in [1.29, 1.82) is 0 Å². The predicted molar refractivity (Wildman–Crippen MR) is 65.3 cm³/mol. The van der Waals surface area contributed by atoms with Crippen LogP contribution in [0.4, 0.5) is 0 Å². The highest BCUT2D eigenvalue weighted by atomic mass is 35.5. The molecule has 14 heavy (non-hydrogen) atoms. The highest BCUT2D eigenvalue weighted by molar-refractivity contribution is 7.16. The summed E-state index contributed by atoms with van der Waals surface area (Å²) in [7, 11) is 0. The van der Waals surface area contributed by atoms with Gasteiger partial charge in [-0.05, 0) is 31.4 Å². The maximum absolute atomic E-state index is 5.85. The van der Waals surface area contributed by atoms with Crippen LogP contribution >= 0.6 is 22.9 Å². The Bertz CT molecular complexity index is 270. The average molecular weight is 232 g/mol. The molecule has 0 spiro atoms. The van der Waals surface area contributed by atoms with E-state index in [-0.39, 0.29) is 0 Å². The van der Waals surface area contributed by atoms with E-state index in [9.17, 15) is 0 Å². The van der Waals surface area contributed by atoms with E-state index in [1.54, 1.807) is 11.3 Å². The lowest BCUT2D eigenvalue weighted by molar-refractivity contribution is 0.430. The molecule has 3 heteroatoms. The smallest absolute Gasteiger partial charge is 0.0931 e. The molecule has 1 nitrogen and oxygen atoms in total. The maximum Gasteiger partial charge on any atom is 0.0931 e. The molecule has 0 aliphatic carbocycles. The van der Waals surface area contributed by atoms with Crippen LogP contribution in [0.25, 0.3) is 0 Å². The van der Waals surface area contributed by atoms with Crippen molar-refractivity contribution in [3.05, 3.63) is 21.3 Å². The van der Waals surface area contributed by atoms with Gasteiger partial charge in [0.05, 0.1) is 4.34 Å². The lowest BCUT2D eigenvalue weighted by Crippen LogP contribution is -2.32. The van der Waals surface area contributed by atoms with E-state index in [0.717, 1.165) is 17.3 Å². The Kier molecular flexibility index (Phi) is 4.93. The summed E-state index contributed by atoms with van der Waals surface area (Å²) in [6.07, 6.45) is 1.08. The van der Waals surface area contributed by atoms with Crippen molar-refractivity contribution in [2.75, 3.05) is 6.54 Å². The summed E-state index contributed by atoms with van der Waals surface area (Å²) in [5, 5.41) is 3.50. The van der Waals surface area contributed by atoms with Gasteiger partial charge in [-0.3, -0.25) is 0 Å². The maximum atomic E-state index is 5.85. The van der Waals surface area contributed by atoms with Crippen LogP contribution in [-0.4, -0.2) is 12.6 Å². The molecule has 0 radical (unpaired) electrons. The topological polar surface area (TPSA) is 12.0 Å². The second-order valence-electron chi connectivity index (χ2n) is 3.94. The van der Waals surface area contributed by atoms with Crippen LogP contribution in [-0.2, 0) is 6.42 Å². The quantitative estimate of drug-likeness (QED) is 0.817. The predicted octanol–water partition coefficient (Wildman–Crippen LogP) is 3.58. The monoisotopic (exact) mass is 231 g/mol. The van der Waals surface area contributed by atoms with Crippen molar-refractivity contribution in [3.63, 3.8) is 0 Å². The summed E-state index contributed by atoms with van der Waals surface area (Å²) >= 11 is 7.52. The first-order valence-corrected chi connectivity index (χ1v) is 6.26. The van der Waals surface area contributed by atoms with Gasteiger partial charge in [0.25, 0.3) is 0 Å². The zero-order valence-corrected chi connectivity index (χ0v) is 10.6. The number of thiophene rings is 1. The molecule has 0 bridgehead atoms. The molecule has 0 aliphatic rings. The Labute approximate surface area is 95.5 Å². The first-order chi connectivity index (χ1) is 6.59. The van der Waals surface area contributed by atoms with E-state index >= 15 is 0 Å². The van der Waals surface area contributed by atoms with Crippen LogP contribution in [0.2, 0.25) is 4.34 Å². The van der Waals surface area contributed by atoms with Crippen LogP contribution in [0.1, 0.15) is 25.6 Å².